The van der Waals surface area contributed by atoms with Gasteiger partial charge >= 0.3 is 0 Å². The van der Waals surface area contributed by atoms with E-state index in [-0.39, 0.29) is 12.4 Å². The molecule has 122 valence electrons. The number of hydrogen-bond donors (Lipinski definition) is 1. The third kappa shape index (κ3) is 3.82. The monoisotopic (exact) mass is 322 g/mol. The van der Waals surface area contributed by atoms with Crippen molar-refractivity contribution in [3.05, 3.63) is 29.8 Å². The van der Waals surface area contributed by atoms with Gasteiger partial charge in [-0.1, -0.05) is 25.1 Å². The van der Waals surface area contributed by atoms with Crippen molar-refractivity contribution >= 4 is 24.0 Å². The topological polar surface area (TPSA) is 32.3 Å². The molecule has 1 aromatic carbocycles. The van der Waals surface area contributed by atoms with Crippen LogP contribution < -0.4 is 10.2 Å². The molecule has 0 bridgehead atoms. The first-order valence-electron chi connectivity index (χ1n) is 8.35. The van der Waals surface area contributed by atoms with E-state index in [1.165, 1.54) is 18.4 Å². The van der Waals surface area contributed by atoms with Gasteiger partial charge in [-0.25, -0.2) is 0 Å². The van der Waals surface area contributed by atoms with E-state index < -0.39 is 0 Å². The first-order valence-corrected chi connectivity index (χ1v) is 8.35. The van der Waals surface area contributed by atoms with Crippen molar-refractivity contribution in [3.8, 4) is 0 Å². The molecular weight excluding hydrogens is 296 g/mol. The highest BCUT2D eigenvalue weighted by Gasteiger charge is 2.26. The summed E-state index contributed by atoms with van der Waals surface area (Å²) in [4.78, 5) is 14.6. The van der Waals surface area contributed by atoms with Gasteiger partial charge in [0.2, 0.25) is 5.91 Å². The summed E-state index contributed by atoms with van der Waals surface area (Å²) < 4.78 is 0. The molecule has 0 radical (unpaired) electrons. The molecule has 0 saturated carbocycles. The van der Waals surface area contributed by atoms with Crippen LogP contribution in [0.25, 0.3) is 0 Å². The lowest BCUT2D eigenvalue weighted by atomic mass is 9.90. The van der Waals surface area contributed by atoms with Crippen molar-refractivity contribution < 1.29 is 4.79 Å². The summed E-state index contributed by atoms with van der Waals surface area (Å²) in [7, 11) is 0. The lowest BCUT2D eigenvalue weighted by Gasteiger charge is -2.33. The minimum atomic E-state index is 0. The average molecular weight is 323 g/mol. The van der Waals surface area contributed by atoms with Crippen LogP contribution in [0.1, 0.15) is 50.5 Å². The molecule has 0 spiro atoms. The Kier molecular flexibility index (Phi) is 6.27. The van der Waals surface area contributed by atoms with Crippen LogP contribution in [0, 0.1) is 5.92 Å². The van der Waals surface area contributed by atoms with Gasteiger partial charge in [-0.05, 0) is 62.2 Å². The van der Waals surface area contributed by atoms with Crippen LogP contribution in [0.4, 0.5) is 5.69 Å². The summed E-state index contributed by atoms with van der Waals surface area (Å²) in [6.07, 6.45) is 5.28. The van der Waals surface area contributed by atoms with E-state index >= 15 is 0 Å². The molecule has 2 aliphatic heterocycles. The van der Waals surface area contributed by atoms with Crippen LogP contribution in [0.15, 0.2) is 24.3 Å². The Morgan fingerprint density at radius 2 is 1.95 bits per heavy atom. The van der Waals surface area contributed by atoms with Gasteiger partial charge in [-0.2, -0.15) is 0 Å². The molecule has 3 rings (SSSR count). The quantitative estimate of drug-likeness (QED) is 0.919. The normalized spacial score (nSPS) is 21.9. The maximum Gasteiger partial charge on any atom is 0.226 e. The molecule has 1 saturated heterocycles. The van der Waals surface area contributed by atoms with E-state index in [1.807, 2.05) is 11.0 Å². The van der Waals surface area contributed by atoms with E-state index in [9.17, 15) is 4.79 Å². The van der Waals surface area contributed by atoms with Gasteiger partial charge in [0.15, 0.2) is 0 Å². The number of carbonyl (C=O) groups is 1. The minimum absolute atomic E-state index is 0. The van der Waals surface area contributed by atoms with Gasteiger partial charge in [-0.15, -0.1) is 12.4 Å². The minimum Gasteiger partial charge on any atom is -0.317 e. The molecule has 0 aliphatic carbocycles. The molecule has 3 nitrogen and oxygen atoms in total. The molecule has 0 aromatic heterocycles. The number of piperidine rings is 1. The number of anilines is 1. The van der Waals surface area contributed by atoms with Gasteiger partial charge < -0.3 is 10.2 Å². The maximum atomic E-state index is 12.6. The summed E-state index contributed by atoms with van der Waals surface area (Å²) in [5, 5.41) is 3.39. The summed E-state index contributed by atoms with van der Waals surface area (Å²) in [6.45, 7) is 5.37. The van der Waals surface area contributed by atoms with Gasteiger partial charge in [-0.3, -0.25) is 4.79 Å². The van der Waals surface area contributed by atoms with Crippen LogP contribution in [0.5, 0.6) is 0 Å². The molecule has 2 aliphatic rings. The smallest absolute Gasteiger partial charge is 0.226 e. The highest BCUT2D eigenvalue weighted by atomic mass is 35.5. The molecule has 1 N–H and O–H groups in total. The van der Waals surface area contributed by atoms with Crippen molar-refractivity contribution in [2.24, 2.45) is 5.92 Å². The second-order valence-corrected chi connectivity index (χ2v) is 6.53. The zero-order valence-corrected chi connectivity index (χ0v) is 14.2. The summed E-state index contributed by atoms with van der Waals surface area (Å²) >= 11 is 0. The van der Waals surface area contributed by atoms with Crippen molar-refractivity contribution in [2.75, 3.05) is 24.5 Å². The highest BCUT2D eigenvalue weighted by molar-refractivity contribution is 5.94. The number of nitrogens with one attached hydrogen (secondary N) is 1. The van der Waals surface area contributed by atoms with Crippen LogP contribution in [0.3, 0.4) is 0 Å². The van der Waals surface area contributed by atoms with Crippen LogP contribution >= 0.6 is 12.4 Å². The summed E-state index contributed by atoms with van der Waals surface area (Å²) in [6, 6.07) is 8.40. The number of halogens is 1. The highest BCUT2D eigenvalue weighted by Crippen LogP contribution is 2.35. The Bertz CT molecular complexity index is 500. The lowest BCUT2D eigenvalue weighted by Crippen LogP contribution is -2.36. The van der Waals surface area contributed by atoms with Gasteiger partial charge in [0, 0.05) is 18.7 Å². The molecule has 1 amide bonds. The van der Waals surface area contributed by atoms with Crippen molar-refractivity contribution in [3.63, 3.8) is 0 Å². The number of carbonyl (C=O) groups excluding carboxylic acids is 1. The Hall–Kier alpha value is -1.06. The fraction of sp³-hybridized carbons (Fsp3) is 0.611. The van der Waals surface area contributed by atoms with Crippen LogP contribution in [-0.4, -0.2) is 25.5 Å². The number of rotatable bonds is 3. The number of amides is 1. The zero-order valence-electron chi connectivity index (χ0n) is 13.4. The third-order valence-corrected chi connectivity index (χ3v) is 5.07. The summed E-state index contributed by atoms with van der Waals surface area (Å²) in [5.41, 5.74) is 2.48. The number of para-hydroxylation sites is 1. The first-order chi connectivity index (χ1) is 10.3. The molecule has 4 heteroatoms. The zero-order chi connectivity index (χ0) is 14.7. The van der Waals surface area contributed by atoms with Crippen molar-refractivity contribution in [2.45, 2.75) is 44.9 Å². The van der Waals surface area contributed by atoms with Gasteiger partial charge in [0.05, 0.1) is 0 Å². The molecule has 2 heterocycles. The Labute approximate surface area is 139 Å². The second kappa shape index (κ2) is 7.98. The molecular formula is C18H27ClN2O. The largest absolute Gasteiger partial charge is 0.317 e. The first kappa shape index (κ1) is 17.3. The third-order valence-electron chi connectivity index (χ3n) is 5.07. The molecule has 22 heavy (non-hydrogen) atoms. The molecule has 1 atom stereocenters. The van der Waals surface area contributed by atoms with E-state index in [1.54, 1.807) is 0 Å². The molecule has 1 unspecified atom stereocenters. The Balaban J connectivity index is 0.00000176. The Morgan fingerprint density at radius 3 is 2.73 bits per heavy atom. The lowest BCUT2D eigenvalue weighted by molar-refractivity contribution is -0.119. The maximum absolute atomic E-state index is 12.6. The SMILES string of the molecule is CC1CCN(C(=O)CCC2CCNCC2)c2ccccc21.Cl. The Morgan fingerprint density at radius 1 is 1.23 bits per heavy atom. The van der Waals surface area contributed by atoms with E-state index in [0.29, 0.717) is 18.2 Å². The predicted octanol–water partition coefficient (Wildman–Crippen LogP) is 3.73. The van der Waals surface area contributed by atoms with Crippen LogP contribution in [0.2, 0.25) is 0 Å². The fourth-order valence-corrected chi connectivity index (χ4v) is 3.64. The second-order valence-electron chi connectivity index (χ2n) is 6.53. The van der Waals surface area contributed by atoms with Crippen molar-refractivity contribution in [1.82, 2.24) is 5.32 Å². The number of benzene rings is 1. The molecule has 1 aromatic rings. The standard InChI is InChI=1S/C18H26N2O.ClH/c1-14-10-13-20(17-5-3-2-4-16(14)17)18(21)7-6-15-8-11-19-12-9-15;/h2-5,14-15,19H,6-13H2,1H3;1H. The van der Waals surface area contributed by atoms with E-state index in [2.05, 4.69) is 30.4 Å². The van der Waals surface area contributed by atoms with Gasteiger partial charge in [0.25, 0.3) is 0 Å². The summed E-state index contributed by atoms with van der Waals surface area (Å²) in [5.74, 6) is 1.61. The van der Waals surface area contributed by atoms with E-state index in [4.69, 9.17) is 0 Å². The number of fused-ring (bicyclic) bond motifs is 1. The average Bonchev–Trinajstić information content (AvgIpc) is 2.54. The molecule has 1 fully saturated rings. The fourth-order valence-electron chi connectivity index (χ4n) is 3.64. The van der Waals surface area contributed by atoms with E-state index in [0.717, 1.165) is 44.1 Å². The van der Waals surface area contributed by atoms with Crippen molar-refractivity contribution in [1.29, 1.82) is 0 Å². The van der Waals surface area contributed by atoms with Gasteiger partial charge in [0.1, 0.15) is 0 Å². The number of hydrogen-bond acceptors (Lipinski definition) is 2. The predicted molar refractivity (Wildman–Crippen MR) is 93.9 cm³/mol. The van der Waals surface area contributed by atoms with Crippen LogP contribution in [-0.2, 0) is 4.79 Å². The number of nitrogens with zero attached hydrogens (tertiary/aromatic N) is 1.